The van der Waals surface area contributed by atoms with E-state index in [1.165, 1.54) is 6.07 Å². The highest BCUT2D eigenvalue weighted by molar-refractivity contribution is 5.56. The molecule has 0 aliphatic carbocycles. The molecule has 1 aromatic carbocycles. The largest absolute Gasteiger partial charge is 0.380 e. The van der Waals surface area contributed by atoms with Gasteiger partial charge in [0.1, 0.15) is 5.82 Å². The molecule has 1 saturated heterocycles. The third kappa shape index (κ3) is 3.07. The molecule has 0 radical (unpaired) electrons. The summed E-state index contributed by atoms with van der Waals surface area (Å²) in [6.07, 6.45) is 2.30. The van der Waals surface area contributed by atoms with Gasteiger partial charge in [-0.05, 0) is 38.4 Å². The molecule has 1 aromatic rings. The average Bonchev–Trinajstić information content (AvgIpc) is 2.46. The van der Waals surface area contributed by atoms with E-state index in [0.29, 0.717) is 0 Å². The van der Waals surface area contributed by atoms with Gasteiger partial charge in [0.15, 0.2) is 0 Å². The van der Waals surface area contributed by atoms with Crippen molar-refractivity contribution in [3.63, 3.8) is 0 Å². The van der Waals surface area contributed by atoms with Gasteiger partial charge in [-0.25, -0.2) is 4.39 Å². The number of para-hydroxylation sites is 1. The van der Waals surface area contributed by atoms with Crippen LogP contribution >= 0.6 is 0 Å². The van der Waals surface area contributed by atoms with Crippen LogP contribution in [0.1, 0.15) is 31.4 Å². The predicted octanol–water partition coefficient (Wildman–Crippen LogP) is 2.72. The van der Waals surface area contributed by atoms with Crippen molar-refractivity contribution in [2.75, 3.05) is 32.1 Å². The first kappa shape index (κ1) is 14.3. The molecule has 2 unspecified atom stereocenters. The first-order valence-corrected chi connectivity index (χ1v) is 6.90. The van der Waals surface area contributed by atoms with Crippen LogP contribution in [-0.2, 0) is 4.74 Å². The standard InChI is InChI=1S/C15H23FN2O/c1-11(17-2)13-7-4-8-14(16)15(13)18-9-5-6-12(10-18)19-3/h4,7-8,11-12,17H,5-6,9-10H2,1-3H3. The molecule has 1 aliphatic rings. The third-order valence-corrected chi connectivity index (χ3v) is 3.95. The first-order chi connectivity index (χ1) is 9.17. The highest BCUT2D eigenvalue weighted by Crippen LogP contribution is 2.31. The zero-order chi connectivity index (χ0) is 13.8. The van der Waals surface area contributed by atoms with Crippen LogP contribution in [-0.4, -0.2) is 33.4 Å². The van der Waals surface area contributed by atoms with Gasteiger partial charge >= 0.3 is 0 Å². The Balaban J connectivity index is 2.32. The molecule has 0 aromatic heterocycles. The Morgan fingerprint density at radius 2 is 2.26 bits per heavy atom. The summed E-state index contributed by atoms with van der Waals surface area (Å²) < 4.78 is 19.7. The van der Waals surface area contributed by atoms with E-state index >= 15 is 0 Å². The van der Waals surface area contributed by atoms with Crippen LogP contribution in [0, 0.1) is 5.82 Å². The van der Waals surface area contributed by atoms with E-state index in [1.54, 1.807) is 13.2 Å². The normalized spacial score (nSPS) is 21.5. The second-order valence-electron chi connectivity index (χ2n) is 5.13. The lowest BCUT2D eigenvalue weighted by molar-refractivity contribution is 0.0891. The van der Waals surface area contributed by atoms with Crippen molar-refractivity contribution in [3.8, 4) is 0 Å². The number of ether oxygens (including phenoxy) is 1. The van der Waals surface area contributed by atoms with Crippen LogP contribution in [0.5, 0.6) is 0 Å². The lowest BCUT2D eigenvalue weighted by Crippen LogP contribution is -2.40. The Hall–Kier alpha value is -1.13. The Kier molecular flexibility index (Phi) is 4.77. The first-order valence-electron chi connectivity index (χ1n) is 6.90. The second-order valence-corrected chi connectivity index (χ2v) is 5.13. The highest BCUT2D eigenvalue weighted by Gasteiger charge is 2.25. The smallest absolute Gasteiger partial charge is 0.146 e. The number of piperidine rings is 1. The molecule has 106 valence electrons. The molecule has 1 N–H and O–H groups in total. The molecular formula is C15H23FN2O. The molecule has 0 saturated carbocycles. The minimum atomic E-state index is -0.142. The van der Waals surface area contributed by atoms with Crippen LogP contribution in [0.25, 0.3) is 0 Å². The van der Waals surface area contributed by atoms with Crippen molar-refractivity contribution >= 4 is 5.69 Å². The van der Waals surface area contributed by atoms with Crippen LogP contribution in [0.2, 0.25) is 0 Å². The summed E-state index contributed by atoms with van der Waals surface area (Å²) in [6, 6.07) is 5.45. The predicted molar refractivity (Wildman–Crippen MR) is 76.1 cm³/mol. The lowest BCUT2D eigenvalue weighted by Gasteiger charge is -2.35. The van der Waals surface area contributed by atoms with E-state index in [9.17, 15) is 4.39 Å². The van der Waals surface area contributed by atoms with Gasteiger partial charge in [-0.15, -0.1) is 0 Å². The fraction of sp³-hybridized carbons (Fsp3) is 0.600. The number of rotatable bonds is 4. The van der Waals surface area contributed by atoms with Crippen molar-refractivity contribution in [2.24, 2.45) is 0 Å². The number of nitrogens with one attached hydrogen (secondary N) is 1. The third-order valence-electron chi connectivity index (χ3n) is 3.95. The fourth-order valence-corrected chi connectivity index (χ4v) is 2.70. The molecule has 3 nitrogen and oxygen atoms in total. The van der Waals surface area contributed by atoms with Gasteiger partial charge in [-0.3, -0.25) is 0 Å². The number of anilines is 1. The molecular weight excluding hydrogens is 243 g/mol. The summed E-state index contributed by atoms with van der Waals surface area (Å²) >= 11 is 0. The quantitative estimate of drug-likeness (QED) is 0.907. The number of nitrogens with zero attached hydrogens (tertiary/aromatic N) is 1. The molecule has 0 spiro atoms. The summed E-state index contributed by atoms with van der Waals surface area (Å²) in [4.78, 5) is 2.12. The van der Waals surface area contributed by atoms with E-state index in [4.69, 9.17) is 4.74 Å². The van der Waals surface area contributed by atoms with E-state index in [2.05, 4.69) is 17.1 Å². The van der Waals surface area contributed by atoms with E-state index in [1.807, 2.05) is 13.1 Å². The summed E-state index contributed by atoms with van der Waals surface area (Å²) in [5, 5.41) is 3.19. The van der Waals surface area contributed by atoms with Crippen molar-refractivity contribution < 1.29 is 9.13 Å². The lowest BCUT2D eigenvalue weighted by atomic mass is 10.0. The number of hydrogen-bond donors (Lipinski definition) is 1. The van der Waals surface area contributed by atoms with Gasteiger partial charge in [0, 0.05) is 26.2 Å². The molecule has 0 bridgehead atoms. The Morgan fingerprint density at radius 1 is 1.47 bits per heavy atom. The van der Waals surface area contributed by atoms with Crippen LogP contribution in [0.4, 0.5) is 10.1 Å². The maximum atomic E-state index is 14.3. The highest BCUT2D eigenvalue weighted by atomic mass is 19.1. The monoisotopic (exact) mass is 266 g/mol. The van der Waals surface area contributed by atoms with Crippen molar-refractivity contribution in [2.45, 2.75) is 31.9 Å². The number of methoxy groups -OCH3 is 1. The Labute approximate surface area is 114 Å². The zero-order valence-corrected chi connectivity index (χ0v) is 11.9. The Bertz CT molecular complexity index is 425. The van der Waals surface area contributed by atoms with Gasteiger partial charge in [0.2, 0.25) is 0 Å². The molecule has 19 heavy (non-hydrogen) atoms. The molecule has 2 rings (SSSR count). The molecule has 4 heteroatoms. The molecule has 1 heterocycles. The number of hydrogen-bond acceptors (Lipinski definition) is 3. The fourth-order valence-electron chi connectivity index (χ4n) is 2.70. The maximum absolute atomic E-state index is 14.3. The molecule has 1 fully saturated rings. The molecule has 2 atom stereocenters. The molecule has 1 aliphatic heterocycles. The van der Waals surface area contributed by atoms with Crippen LogP contribution in [0.3, 0.4) is 0 Å². The van der Waals surface area contributed by atoms with E-state index < -0.39 is 0 Å². The number of benzene rings is 1. The van der Waals surface area contributed by atoms with E-state index in [0.717, 1.165) is 37.2 Å². The van der Waals surface area contributed by atoms with E-state index in [-0.39, 0.29) is 18.0 Å². The Morgan fingerprint density at radius 3 is 2.95 bits per heavy atom. The maximum Gasteiger partial charge on any atom is 0.146 e. The summed E-state index contributed by atoms with van der Waals surface area (Å²) in [6.45, 7) is 3.71. The summed E-state index contributed by atoms with van der Waals surface area (Å²) in [7, 11) is 3.63. The van der Waals surface area contributed by atoms with Crippen molar-refractivity contribution in [1.29, 1.82) is 0 Å². The van der Waals surface area contributed by atoms with Gasteiger partial charge < -0.3 is 15.0 Å². The van der Waals surface area contributed by atoms with Gasteiger partial charge in [-0.1, -0.05) is 12.1 Å². The average molecular weight is 266 g/mol. The van der Waals surface area contributed by atoms with Crippen molar-refractivity contribution in [3.05, 3.63) is 29.6 Å². The van der Waals surface area contributed by atoms with Crippen molar-refractivity contribution in [1.82, 2.24) is 5.32 Å². The second kappa shape index (κ2) is 6.35. The number of halogens is 1. The van der Waals surface area contributed by atoms with Gasteiger partial charge in [0.05, 0.1) is 11.8 Å². The minimum Gasteiger partial charge on any atom is -0.380 e. The van der Waals surface area contributed by atoms with Crippen LogP contribution < -0.4 is 10.2 Å². The molecule has 0 amide bonds. The topological polar surface area (TPSA) is 24.5 Å². The summed E-state index contributed by atoms with van der Waals surface area (Å²) in [5.41, 5.74) is 1.74. The zero-order valence-electron chi connectivity index (χ0n) is 11.9. The SMILES string of the molecule is CNC(C)c1cccc(F)c1N1CCCC(OC)C1. The van der Waals surface area contributed by atoms with Crippen LogP contribution in [0.15, 0.2) is 18.2 Å². The van der Waals surface area contributed by atoms with Gasteiger partial charge in [-0.2, -0.15) is 0 Å². The minimum absolute atomic E-state index is 0.133. The summed E-state index contributed by atoms with van der Waals surface area (Å²) in [5.74, 6) is -0.142. The van der Waals surface area contributed by atoms with Gasteiger partial charge in [0.25, 0.3) is 0 Å².